The molecule has 0 saturated carbocycles. The van der Waals surface area contributed by atoms with Crippen LogP contribution in [0.15, 0.2) is 12.2 Å². The molecule has 0 saturated heterocycles. The van der Waals surface area contributed by atoms with Crippen LogP contribution in [0.2, 0.25) is 0 Å². The third-order valence-electron chi connectivity index (χ3n) is 1.33. The van der Waals surface area contributed by atoms with Gasteiger partial charge in [0.05, 0.1) is 12.2 Å². The van der Waals surface area contributed by atoms with Crippen LogP contribution in [0.4, 0.5) is 0 Å². The second-order valence-corrected chi connectivity index (χ2v) is 4.12. The average Bonchev–Trinajstić information content (AvgIpc) is 1.96. The highest BCUT2D eigenvalue weighted by Crippen LogP contribution is 2.07. The van der Waals surface area contributed by atoms with Crippen molar-refractivity contribution in [2.24, 2.45) is 0 Å². The lowest BCUT2D eigenvalue weighted by Crippen LogP contribution is -2.24. The molecule has 0 spiro atoms. The molecule has 0 aromatic heterocycles. The molecule has 14 heavy (non-hydrogen) atoms. The van der Waals surface area contributed by atoms with Gasteiger partial charge in [-0.15, -0.1) is 0 Å². The van der Waals surface area contributed by atoms with E-state index in [-0.39, 0.29) is 0 Å². The molecule has 0 aliphatic heterocycles. The maximum Gasteiger partial charge on any atom is 0.331 e. The molecule has 0 rings (SSSR count). The Morgan fingerprint density at radius 1 is 1.36 bits per heavy atom. The molecule has 0 aliphatic carbocycles. The van der Waals surface area contributed by atoms with Gasteiger partial charge >= 0.3 is 5.97 Å². The Kier molecular flexibility index (Phi) is 4.80. The van der Waals surface area contributed by atoms with Crippen LogP contribution in [0.3, 0.4) is 0 Å². The van der Waals surface area contributed by atoms with Gasteiger partial charge in [-0.3, -0.25) is 0 Å². The highest BCUT2D eigenvalue weighted by atomic mass is 16.6. The summed E-state index contributed by atoms with van der Waals surface area (Å²) in [7, 11) is 0. The van der Waals surface area contributed by atoms with Crippen LogP contribution in [0, 0.1) is 0 Å². The molecule has 0 amide bonds. The summed E-state index contributed by atoms with van der Waals surface area (Å²) >= 11 is 0. The third kappa shape index (κ3) is 6.62. The van der Waals surface area contributed by atoms with Gasteiger partial charge in [0, 0.05) is 6.08 Å². The van der Waals surface area contributed by atoms with Gasteiger partial charge in [-0.25, -0.2) is 4.79 Å². The largest absolute Gasteiger partial charge is 0.457 e. The summed E-state index contributed by atoms with van der Waals surface area (Å²) in [5, 5.41) is 18.0. The Balaban J connectivity index is 4.07. The summed E-state index contributed by atoms with van der Waals surface area (Å²) in [6.07, 6.45) is 0.387. The summed E-state index contributed by atoms with van der Waals surface area (Å²) in [6, 6.07) is 0. The summed E-state index contributed by atoms with van der Waals surface area (Å²) in [5.41, 5.74) is -0.544. The molecule has 0 radical (unpaired) electrons. The van der Waals surface area contributed by atoms with E-state index in [9.17, 15) is 4.79 Å². The van der Waals surface area contributed by atoms with E-state index in [0.29, 0.717) is 0 Å². The zero-order chi connectivity index (χ0) is 11.4. The predicted molar refractivity (Wildman–Crippen MR) is 52.7 cm³/mol. The Hall–Kier alpha value is -0.870. The van der Waals surface area contributed by atoms with Crippen molar-refractivity contribution in [1.82, 2.24) is 0 Å². The van der Waals surface area contributed by atoms with Crippen LogP contribution < -0.4 is 0 Å². The van der Waals surface area contributed by atoms with Crippen molar-refractivity contribution in [2.75, 3.05) is 0 Å². The summed E-state index contributed by atoms with van der Waals surface area (Å²) < 4.78 is 4.95. The summed E-state index contributed by atoms with van der Waals surface area (Å²) in [6.45, 7) is 6.70. The van der Waals surface area contributed by atoms with E-state index in [1.165, 1.54) is 13.0 Å². The van der Waals surface area contributed by atoms with Gasteiger partial charge < -0.3 is 14.9 Å². The lowest BCUT2D eigenvalue weighted by Gasteiger charge is -2.18. The number of aliphatic hydroxyl groups excluding tert-OH is 2. The van der Waals surface area contributed by atoms with Crippen LogP contribution in [0.5, 0.6) is 0 Å². The van der Waals surface area contributed by atoms with Crippen molar-refractivity contribution in [2.45, 2.75) is 45.5 Å². The molecule has 0 bridgehead atoms. The van der Waals surface area contributed by atoms with Crippen molar-refractivity contribution in [3.8, 4) is 0 Å². The molecule has 4 heteroatoms. The predicted octanol–water partition coefficient (Wildman–Crippen LogP) is 0.626. The monoisotopic (exact) mass is 202 g/mol. The second kappa shape index (κ2) is 5.12. The zero-order valence-corrected chi connectivity index (χ0v) is 9.02. The van der Waals surface area contributed by atoms with Crippen molar-refractivity contribution >= 4 is 5.97 Å². The standard InChI is InChI=1S/C10H18O4/c1-7(11)8(12)5-6-9(13)14-10(2,3)4/h5-8,11-12H,1-4H3/b6-5+/t7-,8-/m1/s1. The summed E-state index contributed by atoms with van der Waals surface area (Å²) in [5.74, 6) is -0.530. The average molecular weight is 202 g/mol. The van der Waals surface area contributed by atoms with Gasteiger partial charge in [-0.2, -0.15) is 0 Å². The molecule has 0 aliphatic rings. The molecule has 0 heterocycles. The molecule has 0 aromatic carbocycles. The van der Waals surface area contributed by atoms with E-state index in [1.807, 2.05) is 0 Å². The molecule has 4 nitrogen and oxygen atoms in total. The summed E-state index contributed by atoms with van der Waals surface area (Å²) in [4.78, 5) is 11.1. The van der Waals surface area contributed by atoms with Crippen LogP contribution in [0.1, 0.15) is 27.7 Å². The lowest BCUT2D eigenvalue weighted by atomic mass is 10.2. The number of hydrogen-bond donors (Lipinski definition) is 2. The smallest absolute Gasteiger partial charge is 0.331 e. The van der Waals surface area contributed by atoms with E-state index in [2.05, 4.69) is 0 Å². The molecule has 0 aromatic rings. The molecular weight excluding hydrogens is 184 g/mol. The van der Waals surface area contributed by atoms with Crippen molar-refractivity contribution < 1.29 is 19.7 Å². The Morgan fingerprint density at radius 3 is 2.21 bits per heavy atom. The molecule has 2 N–H and O–H groups in total. The molecule has 2 atom stereocenters. The van der Waals surface area contributed by atoms with Gasteiger partial charge in [0.25, 0.3) is 0 Å². The van der Waals surface area contributed by atoms with E-state index in [4.69, 9.17) is 14.9 Å². The normalized spacial score (nSPS) is 16.7. The Morgan fingerprint density at radius 2 is 1.86 bits per heavy atom. The first-order chi connectivity index (χ1) is 6.22. The molecule has 0 fully saturated rings. The van der Waals surface area contributed by atoms with Crippen molar-refractivity contribution in [3.63, 3.8) is 0 Å². The van der Waals surface area contributed by atoms with Crippen LogP contribution >= 0.6 is 0 Å². The van der Waals surface area contributed by atoms with Gasteiger partial charge in [-0.05, 0) is 33.8 Å². The topological polar surface area (TPSA) is 66.8 Å². The zero-order valence-electron chi connectivity index (χ0n) is 9.02. The lowest BCUT2D eigenvalue weighted by molar-refractivity contribution is -0.148. The van der Waals surface area contributed by atoms with Crippen LogP contribution in [0.25, 0.3) is 0 Å². The van der Waals surface area contributed by atoms with Gasteiger partial charge in [0.2, 0.25) is 0 Å². The second-order valence-electron chi connectivity index (χ2n) is 4.12. The fourth-order valence-electron chi connectivity index (χ4n) is 0.674. The SMILES string of the molecule is C[C@@H](O)[C@H](O)/C=C/C(=O)OC(C)(C)C. The number of rotatable bonds is 3. The quantitative estimate of drug-likeness (QED) is 0.520. The fourth-order valence-corrected chi connectivity index (χ4v) is 0.674. The van der Waals surface area contributed by atoms with Crippen molar-refractivity contribution in [3.05, 3.63) is 12.2 Å². The number of carbonyl (C=O) groups excluding carboxylic acids is 1. The number of hydrogen-bond acceptors (Lipinski definition) is 4. The van der Waals surface area contributed by atoms with Gasteiger partial charge in [0.15, 0.2) is 0 Å². The van der Waals surface area contributed by atoms with Gasteiger partial charge in [0.1, 0.15) is 5.60 Å². The van der Waals surface area contributed by atoms with E-state index in [0.717, 1.165) is 6.08 Å². The molecular formula is C10H18O4. The Labute approximate surface area is 84.2 Å². The minimum atomic E-state index is -1.04. The minimum Gasteiger partial charge on any atom is -0.457 e. The first-order valence-corrected chi connectivity index (χ1v) is 4.49. The van der Waals surface area contributed by atoms with E-state index < -0.39 is 23.8 Å². The van der Waals surface area contributed by atoms with Gasteiger partial charge in [-0.1, -0.05) is 0 Å². The van der Waals surface area contributed by atoms with Crippen LogP contribution in [-0.2, 0) is 9.53 Å². The van der Waals surface area contributed by atoms with E-state index in [1.54, 1.807) is 20.8 Å². The highest BCUT2D eigenvalue weighted by Gasteiger charge is 2.14. The van der Waals surface area contributed by atoms with E-state index >= 15 is 0 Å². The van der Waals surface area contributed by atoms with Crippen molar-refractivity contribution in [1.29, 1.82) is 0 Å². The third-order valence-corrected chi connectivity index (χ3v) is 1.33. The minimum absolute atomic E-state index is 0.530. The first-order valence-electron chi connectivity index (χ1n) is 4.49. The maximum absolute atomic E-state index is 11.1. The number of aliphatic hydroxyl groups is 2. The molecule has 82 valence electrons. The fraction of sp³-hybridized carbons (Fsp3) is 0.700. The number of esters is 1. The number of ether oxygens (including phenoxy) is 1. The number of carbonyl (C=O) groups is 1. The molecule has 0 unspecified atom stereocenters. The highest BCUT2D eigenvalue weighted by molar-refractivity contribution is 5.82. The van der Waals surface area contributed by atoms with Crippen LogP contribution in [-0.4, -0.2) is 34.0 Å². The first kappa shape index (κ1) is 13.1. The Bertz CT molecular complexity index is 213. The maximum atomic E-state index is 11.1.